The molecule has 1 atom stereocenters. The van der Waals surface area contributed by atoms with Gasteiger partial charge in [-0.15, -0.1) is 0 Å². The lowest BCUT2D eigenvalue weighted by Crippen LogP contribution is -2.44. The first-order valence-corrected chi connectivity index (χ1v) is 15.1. The Labute approximate surface area is 237 Å². The van der Waals surface area contributed by atoms with E-state index in [9.17, 15) is 4.79 Å². The molecule has 0 bridgehead atoms. The zero-order chi connectivity index (χ0) is 26.6. The summed E-state index contributed by atoms with van der Waals surface area (Å²) in [5.41, 5.74) is 3.86. The SMILES string of the molecule is COCC(CN1CCOCC1)Nc1ccc2c(c1)Sc1cccc(-c3cc(N4CCOCC4)cc(=O)[nH]3)c1S2. The molecule has 2 N–H and O–H groups in total. The van der Waals surface area contributed by atoms with Gasteiger partial charge in [-0.2, -0.15) is 0 Å². The summed E-state index contributed by atoms with van der Waals surface area (Å²) in [6.07, 6.45) is 0. The lowest BCUT2D eigenvalue weighted by atomic mass is 10.1. The summed E-state index contributed by atoms with van der Waals surface area (Å²) in [5.74, 6) is 0. The van der Waals surface area contributed by atoms with Gasteiger partial charge in [0.05, 0.1) is 44.8 Å². The lowest BCUT2D eigenvalue weighted by Gasteiger charge is -2.31. The Hall–Kier alpha value is -2.47. The van der Waals surface area contributed by atoms with Crippen LogP contribution in [0.3, 0.4) is 0 Å². The molecular formula is C29H34N4O4S2. The number of hydrogen-bond donors (Lipinski definition) is 2. The van der Waals surface area contributed by atoms with Crippen molar-refractivity contribution in [2.75, 3.05) is 83.1 Å². The fraction of sp³-hybridized carbons (Fsp3) is 0.414. The second kappa shape index (κ2) is 12.4. The van der Waals surface area contributed by atoms with Crippen LogP contribution in [-0.4, -0.2) is 88.8 Å². The molecule has 0 aliphatic carbocycles. The molecule has 0 spiro atoms. The van der Waals surface area contributed by atoms with Crippen LogP contribution in [0.5, 0.6) is 0 Å². The Morgan fingerprint density at radius 2 is 1.74 bits per heavy atom. The first-order chi connectivity index (χ1) is 19.2. The third kappa shape index (κ3) is 6.32. The molecule has 1 unspecified atom stereocenters. The van der Waals surface area contributed by atoms with Crippen LogP contribution >= 0.6 is 23.5 Å². The molecule has 8 nitrogen and oxygen atoms in total. The molecule has 2 aromatic carbocycles. The van der Waals surface area contributed by atoms with Gasteiger partial charge in [0.15, 0.2) is 0 Å². The maximum atomic E-state index is 12.6. The molecule has 2 saturated heterocycles. The number of anilines is 2. The van der Waals surface area contributed by atoms with E-state index in [0.717, 1.165) is 68.6 Å². The fourth-order valence-corrected chi connectivity index (χ4v) is 7.67. The summed E-state index contributed by atoms with van der Waals surface area (Å²) in [5, 5.41) is 3.70. The summed E-state index contributed by atoms with van der Waals surface area (Å²) in [6.45, 7) is 8.01. The van der Waals surface area contributed by atoms with Gasteiger partial charge >= 0.3 is 0 Å². The molecule has 10 heteroatoms. The molecular weight excluding hydrogens is 532 g/mol. The first kappa shape index (κ1) is 26.7. The van der Waals surface area contributed by atoms with E-state index in [1.807, 2.05) is 0 Å². The van der Waals surface area contributed by atoms with Crippen LogP contribution in [-0.2, 0) is 14.2 Å². The predicted molar refractivity (Wildman–Crippen MR) is 157 cm³/mol. The van der Waals surface area contributed by atoms with Crippen molar-refractivity contribution >= 4 is 34.9 Å². The third-order valence-corrected chi connectivity index (χ3v) is 9.77. The summed E-state index contributed by atoms with van der Waals surface area (Å²) in [7, 11) is 1.76. The maximum Gasteiger partial charge on any atom is 0.250 e. The van der Waals surface area contributed by atoms with Gasteiger partial charge in [-0.05, 0) is 30.3 Å². The number of H-pyrrole nitrogens is 1. The highest BCUT2D eigenvalue weighted by Crippen LogP contribution is 2.52. The Morgan fingerprint density at radius 3 is 2.54 bits per heavy atom. The minimum absolute atomic E-state index is 0.0844. The highest BCUT2D eigenvalue weighted by Gasteiger charge is 2.23. The van der Waals surface area contributed by atoms with Gasteiger partial charge in [-0.1, -0.05) is 35.7 Å². The monoisotopic (exact) mass is 566 g/mol. The number of pyridine rings is 1. The zero-order valence-electron chi connectivity index (χ0n) is 22.1. The average Bonchev–Trinajstić information content (AvgIpc) is 2.96. The van der Waals surface area contributed by atoms with Crippen LogP contribution in [0, 0.1) is 0 Å². The number of morpholine rings is 2. The van der Waals surface area contributed by atoms with Crippen molar-refractivity contribution in [3.8, 4) is 11.3 Å². The van der Waals surface area contributed by atoms with Gasteiger partial charge < -0.3 is 29.4 Å². The van der Waals surface area contributed by atoms with E-state index in [0.29, 0.717) is 19.8 Å². The molecule has 0 amide bonds. The highest BCUT2D eigenvalue weighted by molar-refractivity contribution is 8.05. The van der Waals surface area contributed by atoms with Gasteiger partial charge in [-0.3, -0.25) is 9.69 Å². The van der Waals surface area contributed by atoms with Crippen LogP contribution in [0.15, 0.2) is 72.9 Å². The van der Waals surface area contributed by atoms with Crippen molar-refractivity contribution in [1.29, 1.82) is 0 Å². The molecule has 3 aromatic rings. The van der Waals surface area contributed by atoms with Crippen molar-refractivity contribution in [2.24, 2.45) is 0 Å². The first-order valence-electron chi connectivity index (χ1n) is 13.4. The molecule has 0 radical (unpaired) electrons. The molecule has 1 aromatic heterocycles. The number of hydrogen-bond acceptors (Lipinski definition) is 9. The number of rotatable bonds is 8. The van der Waals surface area contributed by atoms with Gasteiger partial charge in [0.25, 0.3) is 0 Å². The molecule has 3 aliphatic heterocycles. The summed E-state index contributed by atoms with van der Waals surface area (Å²) in [6, 6.07) is 16.9. The van der Waals surface area contributed by atoms with E-state index in [2.05, 4.69) is 62.6 Å². The fourth-order valence-electron chi connectivity index (χ4n) is 5.25. The smallest absolute Gasteiger partial charge is 0.250 e. The summed E-state index contributed by atoms with van der Waals surface area (Å²) >= 11 is 3.55. The predicted octanol–water partition coefficient (Wildman–Crippen LogP) is 4.25. The van der Waals surface area contributed by atoms with Crippen LogP contribution < -0.4 is 15.8 Å². The normalized spacial score (nSPS) is 18.3. The Balaban J connectivity index is 1.22. The Morgan fingerprint density at radius 1 is 0.949 bits per heavy atom. The van der Waals surface area contributed by atoms with Gasteiger partial charge in [0, 0.05) is 82.4 Å². The lowest BCUT2D eigenvalue weighted by molar-refractivity contribution is 0.0319. The molecule has 6 rings (SSSR count). The van der Waals surface area contributed by atoms with Gasteiger partial charge in [0.1, 0.15) is 0 Å². The second-order valence-corrected chi connectivity index (χ2v) is 12.1. The Bertz CT molecular complexity index is 1360. The van der Waals surface area contributed by atoms with Crippen molar-refractivity contribution in [3.63, 3.8) is 0 Å². The number of nitrogens with one attached hydrogen (secondary N) is 2. The third-order valence-electron chi connectivity index (χ3n) is 7.17. The van der Waals surface area contributed by atoms with Crippen molar-refractivity contribution in [3.05, 3.63) is 58.9 Å². The number of methoxy groups -OCH3 is 1. The van der Waals surface area contributed by atoms with Crippen molar-refractivity contribution in [1.82, 2.24) is 9.88 Å². The molecule has 4 heterocycles. The number of benzene rings is 2. The van der Waals surface area contributed by atoms with Crippen molar-refractivity contribution < 1.29 is 14.2 Å². The van der Waals surface area contributed by atoms with Gasteiger partial charge in [-0.25, -0.2) is 0 Å². The summed E-state index contributed by atoms with van der Waals surface area (Å²) in [4.78, 5) is 25.2. The standard InChI is InChI=1S/C29H34N4O4S2/c1-35-19-21(18-32-7-11-36-12-8-32)30-20-5-6-25-27(15-20)38-26-4-2-3-23(29(26)39-25)24-16-22(17-28(34)31-24)33-9-13-37-14-10-33/h2-6,15-17,21,30H,7-14,18-19H2,1H3,(H,31,34). The van der Waals surface area contributed by atoms with E-state index >= 15 is 0 Å². The highest BCUT2D eigenvalue weighted by atomic mass is 32.2. The van der Waals surface area contributed by atoms with Crippen LogP contribution in [0.1, 0.15) is 0 Å². The molecule has 0 saturated carbocycles. The largest absolute Gasteiger partial charge is 0.383 e. The second-order valence-electron chi connectivity index (χ2n) is 9.92. The van der Waals surface area contributed by atoms with E-state index in [4.69, 9.17) is 14.2 Å². The number of nitrogens with zero attached hydrogens (tertiary/aromatic N) is 2. The number of fused-ring (bicyclic) bond motifs is 2. The van der Waals surface area contributed by atoms with E-state index < -0.39 is 0 Å². The van der Waals surface area contributed by atoms with Crippen LogP contribution in [0.2, 0.25) is 0 Å². The molecule has 2 fully saturated rings. The van der Waals surface area contributed by atoms with Crippen molar-refractivity contribution in [2.45, 2.75) is 25.6 Å². The van der Waals surface area contributed by atoms with Crippen LogP contribution in [0.4, 0.5) is 11.4 Å². The summed E-state index contributed by atoms with van der Waals surface area (Å²) < 4.78 is 16.5. The molecule has 39 heavy (non-hydrogen) atoms. The molecule has 206 valence electrons. The minimum atomic E-state index is -0.0844. The van der Waals surface area contributed by atoms with Crippen LogP contribution in [0.25, 0.3) is 11.3 Å². The number of aromatic amines is 1. The number of ether oxygens (including phenoxy) is 3. The maximum absolute atomic E-state index is 12.6. The average molecular weight is 567 g/mol. The van der Waals surface area contributed by atoms with Gasteiger partial charge in [0.2, 0.25) is 5.56 Å². The number of aromatic nitrogens is 1. The van der Waals surface area contributed by atoms with E-state index in [1.54, 1.807) is 36.7 Å². The Kier molecular flexibility index (Phi) is 8.48. The zero-order valence-corrected chi connectivity index (χ0v) is 23.7. The van der Waals surface area contributed by atoms with E-state index in [1.165, 1.54) is 19.6 Å². The van der Waals surface area contributed by atoms with E-state index in [-0.39, 0.29) is 11.6 Å². The quantitative estimate of drug-likeness (QED) is 0.325. The topological polar surface area (TPSA) is 79.1 Å². The molecule has 3 aliphatic rings. The minimum Gasteiger partial charge on any atom is -0.383 e.